The van der Waals surface area contributed by atoms with Crippen LogP contribution in [0, 0.1) is 11.8 Å². The molecule has 2 N–H and O–H groups in total. The molecule has 318 valence electrons. The maximum absolute atomic E-state index is 14.2. The molecule has 5 unspecified atom stereocenters. The van der Waals surface area contributed by atoms with E-state index in [1.807, 2.05) is 19.9 Å². The number of allylic oxidation sites excluding steroid dienone is 3. The number of ether oxygens (including phenoxy) is 5. The van der Waals surface area contributed by atoms with Crippen LogP contribution in [-0.2, 0) is 39.8 Å². The number of epoxide rings is 1. The number of nitrogens with zero attached hydrogens (tertiary/aromatic N) is 2. The topological polar surface area (TPSA) is 156 Å². The summed E-state index contributed by atoms with van der Waals surface area (Å²) in [6.45, 7) is 13.6. The molecular formula is C41H60ClN3O10S2. The number of hydrogen-bond donors (Lipinski definition) is 2. The predicted molar refractivity (Wildman–Crippen MR) is 225 cm³/mol. The van der Waals surface area contributed by atoms with E-state index in [0.717, 1.165) is 17.6 Å². The minimum Gasteiger partial charge on any atom is -0.495 e. The molecule has 0 saturated carbocycles. The fraction of sp³-hybridized carbons (Fsp3) is 0.659. The number of fused-ring (bicyclic) bond motifs is 5. The first kappa shape index (κ1) is 46.7. The summed E-state index contributed by atoms with van der Waals surface area (Å²) in [6.07, 6.45) is 2.31. The molecule has 0 aliphatic carbocycles. The minimum atomic E-state index is -1.83. The number of carbonyl (C=O) groups excluding carboxylic acids is 4. The predicted octanol–water partition coefficient (Wildman–Crippen LogP) is 6.72. The third-order valence-electron chi connectivity index (χ3n) is 11.6. The van der Waals surface area contributed by atoms with Crippen molar-refractivity contribution in [2.75, 3.05) is 39.0 Å². The zero-order chi connectivity index (χ0) is 42.4. The van der Waals surface area contributed by atoms with E-state index in [0.29, 0.717) is 34.8 Å². The molecule has 2 fully saturated rings. The van der Waals surface area contributed by atoms with Crippen LogP contribution < -0.4 is 15.0 Å². The first-order chi connectivity index (χ1) is 26.8. The first-order valence-electron chi connectivity index (χ1n) is 19.4. The third kappa shape index (κ3) is 11.2. The average molecular weight is 855 g/mol. The van der Waals surface area contributed by atoms with Gasteiger partial charge in [-0.2, -0.15) is 0 Å². The van der Waals surface area contributed by atoms with Crippen LogP contribution in [0.1, 0.15) is 79.7 Å². The molecule has 0 radical (unpaired) electrons. The number of aliphatic hydroxyl groups is 1. The molecule has 2 saturated heterocycles. The van der Waals surface area contributed by atoms with Gasteiger partial charge in [0.25, 0.3) is 0 Å². The van der Waals surface area contributed by atoms with E-state index in [9.17, 15) is 24.3 Å². The third-order valence-corrected chi connectivity index (χ3v) is 15.1. The maximum Gasteiger partial charge on any atom is 0.409 e. The summed E-state index contributed by atoms with van der Waals surface area (Å²) in [7, 11) is 9.49. The van der Waals surface area contributed by atoms with Gasteiger partial charge in [0, 0.05) is 51.0 Å². The van der Waals surface area contributed by atoms with Crippen molar-refractivity contribution in [3.63, 3.8) is 0 Å². The summed E-state index contributed by atoms with van der Waals surface area (Å²) in [5.41, 5.74) is -0.895. The van der Waals surface area contributed by atoms with Gasteiger partial charge in [0.15, 0.2) is 5.72 Å². The molecule has 3 amide bonds. The van der Waals surface area contributed by atoms with E-state index in [1.54, 1.807) is 73.8 Å². The largest absolute Gasteiger partial charge is 0.495 e. The van der Waals surface area contributed by atoms with Crippen molar-refractivity contribution in [3.8, 4) is 5.75 Å². The molecule has 0 spiro atoms. The smallest absolute Gasteiger partial charge is 0.409 e. The van der Waals surface area contributed by atoms with Crippen LogP contribution in [0.4, 0.5) is 10.5 Å². The fourth-order valence-corrected chi connectivity index (χ4v) is 10.1. The summed E-state index contributed by atoms with van der Waals surface area (Å²) >= 11 is 6.79. The zero-order valence-corrected chi connectivity index (χ0v) is 37.3. The van der Waals surface area contributed by atoms with Crippen molar-refractivity contribution in [2.24, 2.45) is 11.8 Å². The Morgan fingerprint density at radius 1 is 1.21 bits per heavy atom. The second-order valence-corrected chi connectivity index (χ2v) is 18.9. The number of halogens is 1. The molecule has 4 rings (SSSR count). The van der Waals surface area contributed by atoms with Gasteiger partial charge in [0.2, 0.25) is 11.8 Å². The lowest BCUT2D eigenvalue weighted by Gasteiger charge is -2.42. The molecule has 0 aromatic heterocycles. The van der Waals surface area contributed by atoms with Crippen LogP contribution in [0.25, 0.3) is 0 Å². The van der Waals surface area contributed by atoms with Gasteiger partial charge < -0.3 is 38.6 Å². The van der Waals surface area contributed by atoms with E-state index in [4.69, 9.17) is 35.3 Å². The summed E-state index contributed by atoms with van der Waals surface area (Å²) in [4.78, 5) is 57.0. The molecule has 57 heavy (non-hydrogen) atoms. The standard InChI is InChI=1S/C41H60ClN3O10S2/c1-12-24(3)27(6)57-56-17-16-34(46)44(8)26(5)38(48)54-33-21-35(47)45(9)29-19-28(20-30(51-10)36(29)42)18-23(2)14-13-15-32(52-11)41(50)22-31(53-39(49)43-41)25(4)37-40(33,7)55-37/h13-15,19-20,24-27,31-33,37,50H,12,16-18,21-22H2,1-11H3,(H,43,49)/b15-13+,23-14+/t24?,25-,26+,27?,31?,32-,33+,37?,40?,41+/m1/s1. The van der Waals surface area contributed by atoms with Gasteiger partial charge in [-0.15, -0.1) is 0 Å². The number of likely N-dealkylation sites (N-methyl/N-ethyl adjacent to an activating group) is 1. The lowest BCUT2D eigenvalue weighted by molar-refractivity contribution is -0.162. The minimum absolute atomic E-state index is 0.0467. The van der Waals surface area contributed by atoms with Gasteiger partial charge in [-0.3, -0.25) is 14.9 Å². The van der Waals surface area contributed by atoms with E-state index < -0.39 is 65.7 Å². The molecule has 10 atom stereocenters. The van der Waals surface area contributed by atoms with Gasteiger partial charge >= 0.3 is 12.1 Å². The highest BCUT2D eigenvalue weighted by Gasteiger charge is 2.64. The monoisotopic (exact) mass is 853 g/mol. The summed E-state index contributed by atoms with van der Waals surface area (Å²) in [6, 6.07) is 2.63. The maximum atomic E-state index is 14.2. The van der Waals surface area contributed by atoms with Crippen molar-refractivity contribution in [2.45, 2.75) is 128 Å². The Hall–Kier alpha value is -2.95. The Morgan fingerprint density at radius 3 is 2.56 bits per heavy atom. The van der Waals surface area contributed by atoms with Gasteiger partial charge in [0.1, 0.15) is 40.7 Å². The molecule has 3 aliphatic heterocycles. The number of rotatable bonds is 12. The van der Waals surface area contributed by atoms with Crippen LogP contribution in [-0.4, -0.2) is 115 Å². The van der Waals surface area contributed by atoms with Crippen molar-refractivity contribution < 1.29 is 48.0 Å². The van der Waals surface area contributed by atoms with Crippen molar-refractivity contribution >= 4 is 62.8 Å². The van der Waals surface area contributed by atoms with Gasteiger partial charge in [0.05, 0.1) is 25.3 Å². The molecular weight excluding hydrogens is 794 g/mol. The van der Waals surface area contributed by atoms with E-state index in [1.165, 1.54) is 24.0 Å². The molecule has 1 aromatic carbocycles. The lowest BCUT2D eigenvalue weighted by Crippen LogP contribution is -2.63. The first-order valence-corrected chi connectivity index (χ1v) is 22.2. The second-order valence-electron chi connectivity index (χ2n) is 15.7. The summed E-state index contributed by atoms with van der Waals surface area (Å²) in [5.74, 6) is -0.338. The Labute approximate surface area is 350 Å². The number of hydrogen-bond acceptors (Lipinski definition) is 12. The molecule has 1 aromatic rings. The fourth-order valence-electron chi connectivity index (χ4n) is 7.11. The van der Waals surface area contributed by atoms with Crippen molar-refractivity contribution in [1.29, 1.82) is 0 Å². The van der Waals surface area contributed by atoms with E-state index in [2.05, 4.69) is 26.1 Å². The van der Waals surface area contributed by atoms with Crippen molar-refractivity contribution in [3.05, 3.63) is 46.5 Å². The van der Waals surface area contributed by atoms with E-state index in [-0.39, 0.29) is 30.2 Å². The second kappa shape index (κ2) is 19.9. The highest BCUT2D eigenvalue weighted by atomic mass is 35.5. The number of amides is 3. The Bertz CT molecular complexity index is 1700. The van der Waals surface area contributed by atoms with Crippen LogP contribution in [0.5, 0.6) is 5.75 Å². The van der Waals surface area contributed by atoms with Crippen molar-refractivity contribution in [1.82, 2.24) is 10.2 Å². The summed E-state index contributed by atoms with van der Waals surface area (Å²) in [5, 5.41) is 15.0. The summed E-state index contributed by atoms with van der Waals surface area (Å²) < 4.78 is 29.4. The number of nitrogens with one attached hydrogen (secondary N) is 1. The SMILES string of the molecule is CCC(C)C(C)SSCCC(=O)N(C)[C@@H](C)C(=O)O[C@H]1CC(=O)N(C)c2cc(cc(OC)c2Cl)C/C(C)=C/C=C/[C@@H](OC)[C@@]2(O)CC(OC(=O)N2)[C@@H](C)C2OC21C. The van der Waals surface area contributed by atoms with Gasteiger partial charge in [-0.25, -0.2) is 9.59 Å². The van der Waals surface area contributed by atoms with Crippen LogP contribution in [0.15, 0.2) is 35.9 Å². The number of esters is 1. The number of methoxy groups -OCH3 is 2. The van der Waals surface area contributed by atoms with E-state index >= 15 is 0 Å². The molecule has 3 aliphatic rings. The Balaban J connectivity index is 1.65. The molecule has 13 nitrogen and oxygen atoms in total. The quantitative estimate of drug-likeness (QED) is 0.0993. The normalized spacial score (nSPS) is 31.0. The lowest BCUT2D eigenvalue weighted by atomic mass is 9.83. The van der Waals surface area contributed by atoms with Crippen LogP contribution in [0.2, 0.25) is 5.02 Å². The highest BCUT2D eigenvalue weighted by molar-refractivity contribution is 8.76. The number of carbonyl (C=O) groups is 4. The van der Waals surface area contributed by atoms with Crippen LogP contribution in [0.3, 0.4) is 0 Å². The number of benzene rings is 1. The van der Waals surface area contributed by atoms with Crippen LogP contribution >= 0.6 is 33.2 Å². The zero-order valence-electron chi connectivity index (χ0n) is 35.0. The molecule has 3 heterocycles. The number of anilines is 1. The Morgan fingerprint density at radius 2 is 1.91 bits per heavy atom. The highest BCUT2D eigenvalue weighted by Crippen LogP contribution is 2.49. The Kier molecular flexibility index (Phi) is 16.3. The van der Waals surface area contributed by atoms with Gasteiger partial charge in [-0.05, 0) is 50.8 Å². The number of alkyl carbamates (subject to hydrolysis) is 1. The van der Waals surface area contributed by atoms with Gasteiger partial charge in [-0.1, -0.05) is 91.1 Å². The molecule has 16 heteroatoms. The average Bonchev–Trinajstić information content (AvgIpc) is 3.87. The molecule has 4 bridgehead atoms.